The molecule has 2 saturated carbocycles. The van der Waals surface area contributed by atoms with E-state index >= 15 is 0 Å². The summed E-state index contributed by atoms with van der Waals surface area (Å²) in [5.74, 6) is 1.16. The molecule has 5 nitrogen and oxygen atoms in total. The molecule has 0 aliphatic heterocycles. The molecule has 6 heteroatoms. The molecule has 25 heavy (non-hydrogen) atoms. The van der Waals surface area contributed by atoms with Crippen LogP contribution in [-0.2, 0) is 4.79 Å². The van der Waals surface area contributed by atoms with Crippen molar-refractivity contribution >= 4 is 35.3 Å². The van der Waals surface area contributed by atoms with Crippen LogP contribution in [0.2, 0.25) is 0 Å². The minimum atomic E-state index is 0. The summed E-state index contributed by atoms with van der Waals surface area (Å²) in [7, 11) is 0. The first kappa shape index (κ1) is 18.2. The summed E-state index contributed by atoms with van der Waals surface area (Å²) in [4.78, 5) is 17.5. The zero-order valence-electron chi connectivity index (χ0n) is 14.5. The first-order chi connectivity index (χ1) is 11.8. The van der Waals surface area contributed by atoms with Gasteiger partial charge in [-0.1, -0.05) is 31.4 Å². The molecule has 0 spiro atoms. The number of halogens is 1. The molecular formula is C19H27ClN4O. The summed E-state index contributed by atoms with van der Waals surface area (Å²) in [5, 5.41) is 3.14. The standard InChI is InChI=1S/C19H26N4O.ClH/c20-12-13-6-5-9-15(13)18(24)22-19-21-16-10-3-4-11-17(16)23(19)14-7-1-2-8-14;/h3-4,10-11,13-15H,1-2,5-9,12,20H2,(H,21,22,24);1H/t13-,15-;/m1./s1. The summed E-state index contributed by atoms with van der Waals surface area (Å²) in [6.07, 6.45) is 7.94. The molecule has 2 aliphatic carbocycles. The topological polar surface area (TPSA) is 72.9 Å². The lowest BCUT2D eigenvalue weighted by Gasteiger charge is -2.20. The minimum Gasteiger partial charge on any atom is -0.330 e. The number of carbonyl (C=O) groups excluding carboxylic acids is 1. The normalized spacial score (nSPS) is 23.7. The average Bonchev–Trinajstić information content (AvgIpc) is 3.32. The van der Waals surface area contributed by atoms with Gasteiger partial charge in [-0.05, 0) is 50.3 Å². The number of anilines is 1. The van der Waals surface area contributed by atoms with Crippen molar-refractivity contribution in [1.29, 1.82) is 0 Å². The van der Waals surface area contributed by atoms with Crippen LogP contribution >= 0.6 is 12.4 Å². The van der Waals surface area contributed by atoms with E-state index in [1.54, 1.807) is 0 Å². The van der Waals surface area contributed by atoms with Crippen LogP contribution in [0.1, 0.15) is 51.0 Å². The van der Waals surface area contributed by atoms with Gasteiger partial charge in [-0.25, -0.2) is 4.98 Å². The number of imidazole rings is 1. The van der Waals surface area contributed by atoms with Gasteiger partial charge in [-0.15, -0.1) is 12.4 Å². The third kappa shape index (κ3) is 3.40. The fourth-order valence-corrected chi connectivity index (χ4v) is 4.53. The molecule has 136 valence electrons. The van der Waals surface area contributed by atoms with Gasteiger partial charge in [0.1, 0.15) is 0 Å². The second kappa shape index (κ2) is 7.75. The number of nitrogens with zero attached hydrogens (tertiary/aromatic N) is 2. The van der Waals surface area contributed by atoms with Crippen molar-refractivity contribution in [3.05, 3.63) is 24.3 Å². The molecule has 1 aromatic carbocycles. The number of aromatic nitrogens is 2. The number of nitrogens with two attached hydrogens (primary N) is 1. The van der Waals surface area contributed by atoms with E-state index in [4.69, 9.17) is 10.7 Å². The van der Waals surface area contributed by atoms with Crippen molar-refractivity contribution < 1.29 is 4.79 Å². The van der Waals surface area contributed by atoms with Crippen molar-refractivity contribution in [3.63, 3.8) is 0 Å². The molecule has 0 unspecified atom stereocenters. The lowest BCUT2D eigenvalue weighted by atomic mass is 9.95. The van der Waals surface area contributed by atoms with Gasteiger partial charge in [0.15, 0.2) is 0 Å². The summed E-state index contributed by atoms with van der Waals surface area (Å²) in [5.41, 5.74) is 7.93. The number of amides is 1. The Bertz CT molecular complexity index is 738. The van der Waals surface area contributed by atoms with Gasteiger partial charge >= 0.3 is 0 Å². The number of hydrogen-bond donors (Lipinski definition) is 2. The number of nitrogens with one attached hydrogen (secondary N) is 1. The molecule has 2 aliphatic rings. The van der Waals surface area contributed by atoms with Gasteiger partial charge in [0.2, 0.25) is 11.9 Å². The van der Waals surface area contributed by atoms with Gasteiger partial charge in [0, 0.05) is 12.0 Å². The zero-order valence-corrected chi connectivity index (χ0v) is 15.3. The van der Waals surface area contributed by atoms with E-state index < -0.39 is 0 Å². The summed E-state index contributed by atoms with van der Waals surface area (Å²) in [6, 6.07) is 8.62. The van der Waals surface area contributed by atoms with Crippen molar-refractivity contribution in [2.24, 2.45) is 17.6 Å². The molecule has 2 fully saturated rings. The lowest BCUT2D eigenvalue weighted by molar-refractivity contribution is -0.120. The Hall–Kier alpha value is -1.59. The fourth-order valence-electron chi connectivity index (χ4n) is 4.53. The maximum Gasteiger partial charge on any atom is 0.230 e. The molecule has 1 amide bonds. The van der Waals surface area contributed by atoms with E-state index in [1.165, 1.54) is 12.8 Å². The Balaban J connectivity index is 0.00000182. The maximum atomic E-state index is 12.8. The van der Waals surface area contributed by atoms with E-state index in [9.17, 15) is 4.79 Å². The number of carbonyl (C=O) groups is 1. The molecule has 2 aromatic rings. The van der Waals surface area contributed by atoms with Crippen LogP contribution in [0.5, 0.6) is 0 Å². The average molecular weight is 363 g/mol. The van der Waals surface area contributed by atoms with E-state index in [-0.39, 0.29) is 24.2 Å². The Labute approximate surface area is 154 Å². The number of para-hydroxylation sites is 2. The fraction of sp³-hybridized carbons (Fsp3) is 0.579. The molecular weight excluding hydrogens is 336 g/mol. The van der Waals surface area contributed by atoms with Gasteiger partial charge in [-0.2, -0.15) is 0 Å². The smallest absolute Gasteiger partial charge is 0.230 e. The summed E-state index contributed by atoms with van der Waals surface area (Å²) in [6.45, 7) is 0.594. The Kier molecular flexibility index (Phi) is 5.64. The third-order valence-electron chi connectivity index (χ3n) is 5.82. The first-order valence-electron chi connectivity index (χ1n) is 9.26. The van der Waals surface area contributed by atoms with Crippen LogP contribution in [0.3, 0.4) is 0 Å². The molecule has 1 aromatic heterocycles. The maximum absolute atomic E-state index is 12.8. The van der Waals surface area contributed by atoms with Crippen molar-refractivity contribution in [2.45, 2.75) is 51.0 Å². The first-order valence-corrected chi connectivity index (χ1v) is 9.26. The molecule has 0 bridgehead atoms. The molecule has 4 rings (SSSR count). The van der Waals surface area contributed by atoms with E-state index in [2.05, 4.69) is 16.0 Å². The predicted octanol–water partition coefficient (Wildman–Crippen LogP) is 3.89. The largest absolute Gasteiger partial charge is 0.330 e. The molecule has 3 N–H and O–H groups in total. The van der Waals surface area contributed by atoms with Gasteiger partial charge < -0.3 is 10.3 Å². The monoisotopic (exact) mass is 362 g/mol. The predicted molar refractivity (Wildman–Crippen MR) is 103 cm³/mol. The third-order valence-corrected chi connectivity index (χ3v) is 5.82. The second-order valence-corrected chi connectivity index (χ2v) is 7.25. The summed E-state index contributed by atoms with van der Waals surface area (Å²) >= 11 is 0. The van der Waals surface area contributed by atoms with Crippen molar-refractivity contribution in [3.8, 4) is 0 Å². The Morgan fingerprint density at radius 3 is 2.68 bits per heavy atom. The minimum absolute atomic E-state index is 0. The Morgan fingerprint density at radius 1 is 1.16 bits per heavy atom. The van der Waals surface area contributed by atoms with E-state index in [1.807, 2.05) is 18.2 Å². The summed E-state index contributed by atoms with van der Waals surface area (Å²) < 4.78 is 2.26. The zero-order chi connectivity index (χ0) is 16.5. The molecule has 0 saturated heterocycles. The Morgan fingerprint density at radius 2 is 1.92 bits per heavy atom. The van der Waals surface area contributed by atoms with Gasteiger partial charge in [0.05, 0.1) is 11.0 Å². The van der Waals surface area contributed by atoms with Crippen LogP contribution < -0.4 is 11.1 Å². The lowest BCUT2D eigenvalue weighted by Crippen LogP contribution is -2.30. The molecule has 1 heterocycles. The van der Waals surface area contributed by atoms with Crippen LogP contribution in [0.25, 0.3) is 11.0 Å². The number of hydrogen-bond acceptors (Lipinski definition) is 3. The van der Waals surface area contributed by atoms with Crippen LogP contribution in [-0.4, -0.2) is 22.0 Å². The highest BCUT2D eigenvalue weighted by atomic mass is 35.5. The van der Waals surface area contributed by atoms with Gasteiger partial charge in [0.25, 0.3) is 0 Å². The van der Waals surface area contributed by atoms with Gasteiger partial charge in [-0.3, -0.25) is 10.1 Å². The number of fused-ring (bicyclic) bond motifs is 1. The van der Waals surface area contributed by atoms with E-state index in [0.29, 0.717) is 18.5 Å². The highest BCUT2D eigenvalue weighted by molar-refractivity contribution is 5.93. The molecule has 0 radical (unpaired) electrons. The number of rotatable bonds is 4. The SMILES string of the molecule is Cl.NC[C@H]1CCC[C@H]1C(=O)Nc1nc2ccccc2n1C1CCCC1. The van der Waals surface area contributed by atoms with Crippen LogP contribution in [0.15, 0.2) is 24.3 Å². The molecule has 2 atom stereocenters. The number of benzene rings is 1. The van der Waals surface area contributed by atoms with Crippen LogP contribution in [0, 0.1) is 11.8 Å². The quantitative estimate of drug-likeness (QED) is 0.866. The van der Waals surface area contributed by atoms with Crippen molar-refractivity contribution in [2.75, 3.05) is 11.9 Å². The van der Waals surface area contributed by atoms with Crippen molar-refractivity contribution in [1.82, 2.24) is 9.55 Å². The second-order valence-electron chi connectivity index (χ2n) is 7.25. The highest BCUT2D eigenvalue weighted by Gasteiger charge is 2.33. The van der Waals surface area contributed by atoms with E-state index in [0.717, 1.165) is 49.1 Å². The van der Waals surface area contributed by atoms with Crippen LogP contribution in [0.4, 0.5) is 5.95 Å². The highest BCUT2D eigenvalue weighted by Crippen LogP contribution is 2.36.